The highest BCUT2D eigenvalue weighted by Gasteiger charge is 2.44. The summed E-state index contributed by atoms with van der Waals surface area (Å²) in [6.07, 6.45) is 0.324. The molecule has 0 aliphatic carbocycles. The molecule has 0 bridgehead atoms. The van der Waals surface area contributed by atoms with Gasteiger partial charge >= 0.3 is 5.25 Å². The maximum absolute atomic E-state index is 16.0. The summed E-state index contributed by atoms with van der Waals surface area (Å²) in [5.74, 6) is -2.56. The second-order valence-corrected chi connectivity index (χ2v) is 12.6. The van der Waals surface area contributed by atoms with Crippen LogP contribution in [-0.2, 0) is 4.79 Å². The number of benzene rings is 3. The topological polar surface area (TPSA) is 84.2 Å². The zero-order valence-electron chi connectivity index (χ0n) is 24.2. The van der Waals surface area contributed by atoms with Gasteiger partial charge in [0, 0.05) is 4.90 Å². The normalized spacial score (nSPS) is 14.3. The fourth-order valence-electron chi connectivity index (χ4n) is 4.55. The van der Waals surface area contributed by atoms with E-state index in [9.17, 15) is 18.4 Å². The van der Waals surface area contributed by atoms with Gasteiger partial charge in [-0.25, -0.2) is 13.8 Å². The van der Waals surface area contributed by atoms with E-state index in [2.05, 4.69) is 15.6 Å². The van der Waals surface area contributed by atoms with Gasteiger partial charge in [0.1, 0.15) is 23.2 Å². The molecule has 1 aromatic heterocycles. The lowest BCUT2D eigenvalue weighted by Crippen LogP contribution is -2.53. The van der Waals surface area contributed by atoms with Crippen molar-refractivity contribution in [3.05, 3.63) is 95.9 Å². The maximum Gasteiger partial charge on any atom is 0.317 e. The molecule has 43 heavy (non-hydrogen) atoms. The lowest BCUT2D eigenvalue weighted by molar-refractivity contribution is -0.125. The summed E-state index contributed by atoms with van der Waals surface area (Å²) < 4.78 is 64.8. The predicted octanol–water partition coefficient (Wildman–Crippen LogP) is 7.70. The van der Waals surface area contributed by atoms with E-state index < -0.39 is 52.1 Å². The minimum atomic E-state index is -3.57. The van der Waals surface area contributed by atoms with Gasteiger partial charge in [-0.3, -0.25) is 14.9 Å². The van der Waals surface area contributed by atoms with Crippen molar-refractivity contribution in [2.24, 2.45) is 5.41 Å². The lowest BCUT2D eigenvalue weighted by atomic mass is 9.87. The van der Waals surface area contributed by atoms with Crippen molar-refractivity contribution in [2.75, 3.05) is 0 Å². The molecule has 3 aromatic carbocycles. The van der Waals surface area contributed by atoms with Crippen molar-refractivity contribution in [3.63, 3.8) is 0 Å². The second kappa shape index (κ2) is 13.3. The number of hydrogen-bond donors (Lipinski definition) is 2. The minimum absolute atomic E-state index is 0.0438. The highest BCUT2D eigenvalue weighted by Crippen LogP contribution is 2.45. The van der Waals surface area contributed by atoms with E-state index in [1.807, 2.05) is 20.8 Å². The van der Waals surface area contributed by atoms with Gasteiger partial charge in [0.15, 0.2) is 5.58 Å². The number of Topliss-reactive ketones (excluding diaryl/α,β-unsaturated/α-hetero) is 1. The standard InChI is InChI=1S/C32H33F4N3O3S/c1-5-23(27(40)30-39-24-8-6-7-9-26(24)42-30)38-29(41)25(18-31(2,3)4)37-28(19-10-12-20(33)13-11-19)32(35,36)43-22-16-14-21(34)15-17-22/h6-17,23,25,28,37H,5,18H2,1-4H3,(H,38,41)/t23-,25-,28-/m0/s1. The Morgan fingerprint density at radius 3 is 2.09 bits per heavy atom. The third-order valence-corrected chi connectivity index (χ3v) is 7.67. The number of halogens is 4. The molecule has 0 unspecified atom stereocenters. The van der Waals surface area contributed by atoms with Crippen molar-refractivity contribution in [3.8, 4) is 0 Å². The van der Waals surface area contributed by atoms with Gasteiger partial charge in [-0.05, 0) is 72.4 Å². The van der Waals surface area contributed by atoms with Crippen LogP contribution < -0.4 is 10.6 Å². The number of nitrogens with zero attached hydrogens (tertiary/aromatic N) is 1. The van der Waals surface area contributed by atoms with Crippen molar-refractivity contribution < 1.29 is 31.6 Å². The third-order valence-electron chi connectivity index (χ3n) is 6.65. The zero-order chi connectivity index (χ0) is 31.4. The molecule has 1 amide bonds. The molecule has 3 atom stereocenters. The Labute approximate surface area is 251 Å². The van der Waals surface area contributed by atoms with Crippen LogP contribution in [0.1, 0.15) is 62.8 Å². The molecule has 0 radical (unpaired) electrons. The molecule has 0 saturated heterocycles. The molecular formula is C32H33F4N3O3S. The number of hydrogen-bond acceptors (Lipinski definition) is 6. The summed E-state index contributed by atoms with van der Waals surface area (Å²) >= 11 is 0.193. The number of aromatic nitrogens is 1. The number of carbonyl (C=O) groups is 2. The van der Waals surface area contributed by atoms with Crippen LogP contribution in [0.5, 0.6) is 0 Å². The number of amides is 1. The number of nitrogens with one attached hydrogen (secondary N) is 2. The summed E-state index contributed by atoms with van der Waals surface area (Å²) in [7, 11) is 0. The van der Waals surface area contributed by atoms with Gasteiger partial charge in [0.25, 0.3) is 5.89 Å². The van der Waals surface area contributed by atoms with Crippen molar-refractivity contribution in [2.45, 2.75) is 68.8 Å². The highest BCUT2D eigenvalue weighted by molar-refractivity contribution is 8.00. The summed E-state index contributed by atoms with van der Waals surface area (Å²) in [4.78, 5) is 31.3. The molecule has 2 N–H and O–H groups in total. The van der Waals surface area contributed by atoms with Crippen molar-refractivity contribution >= 4 is 34.6 Å². The summed E-state index contributed by atoms with van der Waals surface area (Å²) in [6.45, 7) is 7.27. The fourth-order valence-corrected chi connectivity index (χ4v) is 5.46. The third kappa shape index (κ3) is 8.45. The van der Waals surface area contributed by atoms with E-state index in [0.29, 0.717) is 11.1 Å². The van der Waals surface area contributed by atoms with Gasteiger partial charge in [0.2, 0.25) is 11.7 Å². The largest absolute Gasteiger partial charge is 0.434 e. The van der Waals surface area contributed by atoms with E-state index >= 15 is 8.78 Å². The number of para-hydroxylation sites is 2. The Hall–Kier alpha value is -3.70. The van der Waals surface area contributed by atoms with Gasteiger partial charge in [-0.2, -0.15) is 8.78 Å². The number of oxazole rings is 1. The van der Waals surface area contributed by atoms with E-state index in [4.69, 9.17) is 4.42 Å². The first-order valence-electron chi connectivity index (χ1n) is 13.8. The van der Waals surface area contributed by atoms with Crippen LogP contribution >= 0.6 is 11.8 Å². The highest BCUT2D eigenvalue weighted by atomic mass is 32.2. The Morgan fingerprint density at radius 2 is 1.51 bits per heavy atom. The molecule has 4 rings (SSSR count). The fraction of sp³-hybridized carbons (Fsp3) is 0.344. The molecule has 0 spiro atoms. The van der Waals surface area contributed by atoms with Crippen LogP contribution in [0.25, 0.3) is 11.1 Å². The molecule has 0 saturated carbocycles. The number of ketones is 1. The summed E-state index contributed by atoms with van der Waals surface area (Å²) in [6, 6.07) is 12.1. The van der Waals surface area contributed by atoms with Crippen LogP contribution in [0.3, 0.4) is 0 Å². The van der Waals surface area contributed by atoms with Crippen LogP contribution in [0.2, 0.25) is 0 Å². The average Bonchev–Trinajstić information content (AvgIpc) is 3.39. The maximum atomic E-state index is 16.0. The quantitative estimate of drug-likeness (QED) is 0.0965. The van der Waals surface area contributed by atoms with Crippen LogP contribution in [0.4, 0.5) is 17.6 Å². The Balaban J connectivity index is 1.63. The number of fused-ring (bicyclic) bond motifs is 1. The minimum Gasteiger partial charge on any atom is -0.434 e. The SMILES string of the molecule is CC[C@H](NC(=O)[C@H](CC(C)(C)C)N[C@@H](c1ccc(F)cc1)C(F)(F)Sc1ccc(F)cc1)C(=O)c1nc2ccccc2o1. The van der Waals surface area contributed by atoms with Crippen molar-refractivity contribution in [1.29, 1.82) is 0 Å². The van der Waals surface area contributed by atoms with Crippen LogP contribution in [0.15, 0.2) is 82.1 Å². The molecule has 11 heteroatoms. The lowest BCUT2D eigenvalue weighted by Gasteiger charge is -2.34. The van der Waals surface area contributed by atoms with E-state index in [0.717, 1.165) is 24.3 Å². The summed E-state index contributed by atoms with van der Waals surface area (Å²) in [5.41, 5.74) is 0.459. The molecule has 0 aliphatic heterocycles. The molecule has 1 heterocycles. The van der Waals surface area contributed by atoms with E-state index in [1.165, 1.54) is 24.3 Å². The van der Waals surface area contributed by atoms with Gasteiger partial charge in [-0.1, -0.05) is 63.7 Å². The Kier molecular flexibility index (Phi) is 9.96. The Morgan fingerprint density at radius 1 is 0.907 bits per heavy atom. The monoisotopic (exact) mass is 615 g/mol. The van der Waals surface area contributed by atoms with Gasteiger partial charge in [0.05, 0.1) is 12.1 Å². The molecule has 228 valence electrons. The first kappa shape index (κ1) is 32.2. The van der Waals surface area contributed by atoms with Crippen LogP contribution in [0, 0.1) is 17.0 Å². The molecule has 0 aliphatic rings. The average molecular weight is 616 g/mol. The summed E-state index contributed by atoms with van der Waals surface area (Å²) in [5, 5.41) is 1.95. The van der Waals surface area contributed by atoms with Gasteiger partial charge in [-0.15, -0.1) is 0 Å². The molecule has 4 aromatic rings. The second-order valence-electron chi connectivity index (χ2n) is 11.4. The molecule has 6 nitrogen and oxygen atoms in total. The number of rotatable bonds is 12. The first-order valence-corrected chi connectivity index (χ1v) is 14.6. The smallest absolute Gasteiger partial charge is 0.317 e. The van der Waals surface area contributed by atoms with Crippen molar-refractivity contribution in [1.82, 2.24) is 15.6 Å². The zero-order valence-corrected chi connectivity index (χ0v) is 25.0. The van der Waals surface area contributed by atoms with E-state index in [1.54, 1.807) is 31.2 Å². The Bertz CT molecular complexity index is 1520. The predicted molar refractivity (Wildman–Crippen MR) is 158 cm³/mol. The molecule has 0 fully saturated rings. The van der Waals surface area contributed by atoms with E-state index in [-0.39, 0.29) is 41.0 Å². The van der Waals surface area contributed by atoms with Crippen LogP contribution in [-0.4, -0.2) is 34.0 Å². The number of carbonyl (C=O) groups excluding carboxylic acids is 2. The first-order chi connectivity index (χ1) is 20.3. The number of alkyl halides is 2. The number of thioether (sulfide) groups is 1. The van der Waals surface area contributed by atoms with Gasteiger partial charge < -0.3 is 9.73 Å². The molecular weight excluding hydrogens is 582 g/mol.